The van der Waals surface area contributed by atoms with Crippen LogP contribution in [-0.4, -0.2) is 164 Å². The van der Waals surface area contributed by atoms with E-state index in [1.807, 2.05) is 55.7 Å². The number of anilines is 1. The van der Waals surface area contributed by atoms with Gasteiger partial charge in [-0.1, -0.05) is 65.0 Å². The van der Waals surface area contributed by atoms with E-state index in [4.69, 9.17) is 28.7 Å². The molecule has 3 atom stereocenters. The summed E-state index contributed by atoms with van der Waals surface area (Å²) in [6, 6.07) is 16.1. The average Bonchev–Trinajstić information content (AvgIpc) is 2.45. The Morgan fingerprint density at radius 1 is 0.686 bits per heavy atom. The molecule has 1 aliphatic heterocycles. The van der Waals surface area contributed by atoms with Crippen LogP contribution in [-0.2, 0) is 59.0 Å². The number of nitrogens with zero attached hydrogens (tertiary/aromatic N) is 4. The maximum atomic E-state index is 15.4. The Bertz CT molecular complexity index is 2930. The van der Waals surface area contributed by atoms with Crippen LogP contribution < -0.4 is 26.6 Å². The Morgan fingerprint density at radius 2 is 1.30 bits per heavy atom. The fraction of sp³-hybridized carbons (Fsp3) is 0.500. The lowest BCUT2D eigenvalue weighted by molar-refractivity contribution is -0.137. The van der Waals surface area contributed by atoms with Gasteiger partial charge in [0.25, 0.3) is 17.7 Å². The molecule has 0 fully saturated rings. The van der Waals surface area contributed by atoms with E-state index in [9.17, 15) is 38.0 Å². The van der Waals surface area contributed by atoms with Gasteiger partial charge in [0.1, 0.15) is 35.1 Å². The Kier molecular flexibility index (Phi) is 27.0. The SMILES string of the molecule is CC(C)[C@H](NC(=O)CCOCCOCCOCCOCCNC(=O)CCN1C(=O)C=CC1=O)C(=O)N[C@@H](C)C(=O)Nc1ccc(C(=O)N(CCCNC(=O)OC(C)(C)C)[C@@H](c2nc(-c3cc(F)ccc3F)cn2Cc2ccccc2)C(C)(C)C)cc1. The first-order valence-electron chi connectivity index (χ1n) is 28.8. The lowest BCUT2D eigenvalue weighted by Crippen LogP contribution is -2.53. The van der Waals surface area contributed by atoms with Crippen LogP contribution >= 0.6 is 0 Å². The number of alkyl carbamates (subject to hydrolysis) is 1. The molecule has 5 rings (SSSR count). The number of carbonyl (C=O) groups excluding carboxylic acids is 8. The fourth-order valence-corrected chi connectivity index (χ4v) is 8.88. The molecule has 24 heteroatoms. The number of amides is 8. The predicted molar refractivity (Wildman–Crippen MR) is 316 cm³/mol. The Morgan fingerprint density at radius 3 is 1.91 bits per heavy atom. The van der Waals surface area contributed by atoms with E-state index >= 15 is 9.18 Å². The minimum Gasteiger partial charge on any atom is -0.444 e. The van der Waals surface area contributed by atoms with Crippen LogP contribution in [0.2, 0.25) is 0 Å². The summed E-state index contributed by atoms with van der Waals surface area (Å²) in [7, 11) is 0. The van der Waals surface area contributed by atoms with Crippen molar-refractivity contribution >= 4 is 53.1 Å². The first-order valence-corrected chi connectivity index (χ1v) is 28.8. The third-order valence-corrected chi connectivity index (χ3v) is 13.1. The van der Waals surface area contributed by atoms with Crippen LogP contribution in [0.3, 0.4) is 0 Å². The summed E-state index contributed by atoms with van der Waals surface area (Å²) in [5.74, 6) is -4.40. The second kappa shape index (κ2) is 33.7. The lowest BCUT2D eigenvalue weighted by Gasteiger charge is -2.40. The minimum absolute atomic E-state index is 0.000295. The zero-order valence-electron chi connectivity index (χ0n) is 50.6. The molecule has 0 saturated heterocycles. The van der Waals surface area contributed by atoms with Gasteiger partial charge in [0.05, 0.1) is 64.6 Å². The van der Waals surface area contributed by atoms with Gasteiger partial charge in [-0.3, -0.25) is 38.5 Å². The third-order valence-electron chi connectivity index (χ3n) is 13.1. The van der Waals surface area contributed by atoms with Crippen LogP contribution in [0.25, 0.3) is 11.3 Å². The first-order chi connectivity index (χ1) is 40.8. The van der Waals surface area contributed by atoms with Crippen molar-refractivity contribution in [2.45, 2.75) is 112 Å². The molecule has 22 nitrogen and oxygen atoms in total. The molecule has 86 heavy (non-hydrogen) atoms. The summed E-state index contributed by atoms with van der Waals surface area (Å²) in [6.07, 6.45) is 3.62. The average molecular weight is 1200 g/mol. The Balaban J connectivity index is 1.10. The molecular formula is C62H83F2N9O13. The number of imide groups is 1. The zero-order valence-corrected chi connectivity index (χ0v) is 50.6. The summed E-state index contributed by atoms with van der Waals surface area (Å²) >= 11 is 0. The number of nitrogens with one attached hydrogen (secondary N) is 5. The van der Waals surface area contributed by atoms with Crippen LogP contribution in [0.15, 0.2) is 91.1 Å². The van der Waals surface area contributed by atoms with Gasteiger partial charge in [0.2, 0.25) is 23.6 Å². The first kappa shape index (κ1) is 68.8. The second-order valence-electron chi connectivity index (χ2n) is 22.8. The van der Waals surface area contributed by atoms with E-state index in [-0.39, 0.29) is 107 Å². The summed E-state index contributed by atoms with van der Waals surface area (Å²) < 4.78 is 59.3. The minimum atomic E-state index is -1.04. The van der Waals surface area contributed by atoms with Gasteiger partial charge in [0, 0.05) is 80.7 Å². The standard InChI is InChI=1S/C62H83F2N9O13/c1-41(2)54(70-51(75)25-30-82-32-34-84-36-37-85-35-33-83-31-27-65-50(74)24-29-72-52(76)22-23-53(72)77)58(79)67-42(3)57(78)68-46-19-16-44(17-20-46)59(80)73(28-13-26-66-60(81)86-62(7,8)9)55(61(4,5)6)56-69-49(47-38-45(63)18-21-48(47)64)40-71(56)39-43-14-11-10-12-15-43/h10-12,14-23,38,40-42,54-55H,13,24-37,39H2,1-9H3,(H,65,74)(H,66,81)(H,67,79)(H,68,78)(H,70,75)/t42-,54-,55-/m0/s1. The number of ether oxygens (including phenoxy) is 5. The number of hydrogen-bond donors (Lipinski definition) is 5. The normalized spacial score (nSPS) is 13.5. The van der Waals surface area contributed by atoms with E-state index in [2.05, 4.69) is 26.6 Å². The van der Waals surface area contributed by atoms with Crippen LogP contribution in [0.4, 0.5) is 19.3 Å². The molecule has 0 radical (unpaired) electrons. The molecule has 4 aromatic rings. The van der Waals surface area contributed by atoms with Gasteiger partial charge in [-0.05, 0) is 93.5 Å². The van der Waals surface area contributed by atoms with Crippen molar-refractivity contribution in [3.8, 4) is 11.3 Å². The molecule has 3 aromatic carbocycles. The van der Waals surface area contributed by atoms with Crippen molar-refractivity contribution < 1.29 is 70.8 Å². The van der Waals surface area contributed by atoms with E-state index in [0.717, 1.165) is 28.7 Å². The zero-order chi connectivity index (χ0) is 63.0. The van der Waals surface area contributed by atoms with Crippen LogP contribution in [0, 0.1) is 23.0 Å². The van der Waals surface area contributed by atoms with E-state index in [1.165, 1.54) is 19.1 Å². The monoisotopic (exact) mass is 1200 g/mol. The van der Waals surface area contributed by atoms with Gasteiger partial charge < -0.3 is 59.7 Å². The molecule has 0 aliphatic carbocycles. The van der Waals surface area contributed by atoms with Crippen LogP contribution in [0.5, 0.6) is 0 Å². The molecular weight excluding hydrogens is 1120 g/mol. The Hall–Kier alpha value is -7.93. The molecule has 1 aliphatic rings. The molecule has 1 aromatic heterocycles. The number of carbonyl (C=O) groups is 8. The van der Waals surface area contributed by atoms with Gasteiger partial charge in [-0.2, -0.15) is 0 Å². The highest BCUT2D eigenvalue weighted by Crippen LogP contribution is 2.40. The smallest absolute Gasteiger partial charge is 0.407 e. The van der Waals surface area contributed by atoms with Gasteiger partial charge in [-0.15, -0.1) is 0 Å². The van der Waals surface area contributed by atoms with Crippen molar-refractivity contribution in [2.75, 3.05) is 84.4 Å². The van der Waals surface area contributed by atoms with E-state index < -0.39 is 82.3 Å². The van der Waals surface area contributed by atoms with E-state index in [0.29, 0.717) is 37.9 Å². The molecule has 468 valence electrons. The highest BCUT2D eigenvalue weighted by Gasteiger charge is 2.39. The number of benzene rings is 3. The number of rotatable bonds is 34. The molecule has 5 N–H and O–H groups in total. The number of imidazole rings is 1. The van der Waals surface area contributed by atoms with Crippen molar-refractivity contribution in [2.24, 2.45) is 11.3 Å². The summed E-state index contributed by atoms with van der Waals surface area (Å²) in [4.78, 5) is 110. The van der Waals surface area contributed by atoms with Crippen molar-refractivity contribution in [3.05, 3.63) is 120 Å². The number of halogens is 2. The maximum absolute atomic E-state index is 15.4. The quantitative estimate of drug-likeness (QED) is 0.0247. The molecule has 0 unspecified atom stereocenters. The van der Waals surface area contributed by atoms with Crippen molar-refractivity contribution in [3.63, 3.8) is 0 Å². The molecule has 2 heterocycles. The highest BCUT2D eigenvalue weighted by molar-refractivity contribution is 6.13. The second-order valence-corrected chi connectivity index (χ2v) is 22.8. The van der Waals surface area contributed by atoms with Crippen molar-refractivity contribution in [1.29, 1.82) is 0 Å². The van der Waals surface area contributed by atoms with Gasteiger partial charge >= 0.3 is 6.09 Å². The number of aromatic nitrogens is 2. The number of hydrogen-bond acceptors (Lipinski definition) is 14. The largest absolute Gasteiger partial charge is 0.444 e. The lowest BCUT2D eigenvalue weighted by atomic mass is 9.84. The van der Waals surface area contributed by atoms with E-state index in [1.54, 1.807) is 70.0 Å². The summed E-state index contributed by atoms with van der Waals surface area (Å²) in [5.41, 5.74) is 0.131. The summed E-state index contributed by atoms with van der Waals surface area (Å²) in [5, 5.41) is 13.6. The molecule has 0 saturated carbocycles. The molecule has 8 amide bonds. The molecule has 0 spiro atoms. The topological polar surface area (TPSA) is 267 Å². The molecule has 0 bridgehead atoms. The highest BCUT2D eigenvalue weighted by atomic mass is 19.1. The maximum Gasteiger partial charge on any atom is 0.407 e. The van der Waals surface area contributed by atoms with Crippen LogP contribution in [0.1, 0.15) is 109 Å². The summed E-state index contributed by atoms with van der Waals surface area (Å²) in [6.45, 7) is 18.9. The predicted octanol–water partition coefficient (Wildman–Crippen LogP) is 6.49. The van der Waals surface area contributed by atoms with Crippen molar-refractivity contribution in [1.82, 2.24) is 40.6 Å². The fourth-order valence-electron chi connectivity index (χ4n) is 8.88. The van der Waals surface area contributed by atoms with Gasteiger partial charge in [-0.25, -0.2) is 18.6 Å². The van der Waals surface area contributed by atoms with Gasteiger partial charge in [0.15, 0.2) is 0 Å². The Labute approximate surface area is 501 Å². The third kappa shape index (κ3) is 22.8.